The maximum absolute atomic E-state index is 2.42. The van der Waals surface area contributed by atoms with Gasteiger partial charge in [-0.3, -0.25) is 0 Å². The molecule has 0 heterocycles. The highest BCUT2D eigenvalue weighted by molar-refractivity contribution is 6.38. The highest BCUT2D eigenvalue weighted by Crippen LogP contribution is 2.31. The van der Waals surface area contributed by atoms with Crippen LogP contribution in [0.4, 0.5) is 0 Å². The monoisotopic (exact) mass is 130 g/mol. The second-order valence-electron chi connectivity index (χ2n) is 2.87. The Morgan fingerprint density at radius 2 is 1.62 bits per heavy atom. The summed E-state index contributed by atoms with van der Waals surface area (Å²) in [6, 6.07) is 0. The summed E-state index contributed by atoms with van der Waals surface area (Å²) in [5.41, 5.74) is 0. The van der Waals surface area contributed by atoms with Gasteiger partial charge in [0.05, 0.1) is 0 Å². The zero-order valence-corrected chi connectivity index (χ0v) is 8.04. The van der Waals surface area contributed by atoms with Crippen molar-refractivity contribution in [1.82, 2.24) is 0 Å². The van der Waals surface area contributed by atoms with Crippen molar-refractivity contribution in [2.24, 2.45) is 0 Å². The van der Waals surface area contributed by atoms with E-state index in [1.165, 1.54) is 12.8 Å². The standard InChI is InChI=1S/C7H18Si/c1-5-7(3,6-2)8-4/h5-6,8H2,1-4H3. The Hall–Kier alpha value is 0.217. The highest BCUT2D eigenvalue weighted by Gasteiger charge is 2.15. The van der Waals surface area contributed by atoms with Crippen LogP contribution in [0.5, 0.6) is 0 Å². The Bertz CT molecular complexity index is 47.1. The first-order valence-corrected chi connectivity index (χ1v) is 5.80. The summed E-state index contributed by atoms with van der Waals surface area (Å²) >= 11 is 0. The topological polar surface area (TPSA) is 0 Å². The minimum Gasteiger partial charge on any atom is -0.0744 e. The predicted molar refractivity (Wildman–Crippen MR) is 43.4 cm³/mol. The molecule has 1 heteroatoms. The Morgan fingerprint density at radius 3 is 1.62 bits per heavy atom. The van der Waals surface area contributed by atoms with E-state index in [0.717, 1.165) is 5.04 Å². The molecule has 0 aromatic rings. The van der Waals surface area contributed by atoms with E-state index < -0.39 is 0 Å². The molecule has 0 unspecified atom stereocenters. The lowest BCUT2D eigenvalue weighted by molar-refractivity contribution is 0.564. The molecule has 0 bridgehead atoms. The van der Waals surface area contributed by atoms with Gasteiger partial charge in [-0.05, 0) is 5.04 Å². The van der Waals surface area contributed by atoms with Crippen molar-refractivity contribution in [3.05, 3.63) is 0 Å². The summed E-state index contributed by atoms with van der Waals surface area (Å²) in [6.07, 6.45) is 2.76. The lowest BCUT2D eigenvalue weighted by atomic mass is 10.1. The maximum Gasteiger partial charge on any atom is 0.0236 e. The molecule has 0 aromatic carbocycles. The second kappa shape index (κ2) is 3.28. The van der Waals surface area contributed by atoms with Gasteiger partial charge >= 0.3 is 0 Å². The van der Waals surface area contributed by atoms with Gasteiger partial charge < -0.3 is 0 Å². The Balaban J connectivity index is 3.58. The van der Waals surface area contributed by atoms with Crippen LogP contribution >= 0.6 is 0 Å². The van der Waals surface area contributed by atoms with Gasteiger partial charge in [-0.25, -0.2) is 0 Å². The maximum atomic E-state index is 2.42. The summed E-state index contributed by atoms with van der Waals surface area (Å²) in [5.74, 6) is 0. The van der Waals surface area contributed by atoms with Crippen LogP contribution in [0, 0.1) is 0 Å². The van der Waals surface area contributed by atoms with Crippen LogP contribution in [-0.2, 0) is 0 Å². The fourth-order valence-corrected chi connectivity index (χ4v) is 1.75. The van der Waals surface area contributed by atoms with Crippen LogP contribution in [0.2, 0.25) is 11.6 Å². The Morgan fingerprint density at radius 1 is 1.25 bits per heavy atom. The van der Waals surface area contributed by atoms with Gasteiger partial charge in [0, 0.05) is 9.52 Å². The van der Waals surface area contributed by atoms with Crippen LogP contribution in [0.25, 0.3) is 0 Å². The van der Waals surface area contributed by atoms with E-state index in [-0.39, 0.29) is 9.52 Å². The quantitative estimate of drug-likeness (QED) is 0.514. The molecule has 0 aliphatic rings. The molecule has 0 rings (SSSR count). The van der Waals surface area contributed by atoms with E-state index in [0.29, 0.717) is 0 Å². The average Bonchev–Trinajstić information content (AvgIpc) is 1.87. The lowest BCUT2D eigenvalue weighted by Crippen LogP contribution is -2.11. The smallest absolute Gasteiger partial charge is 0.0236 e. The third-order valence-corrected chi connectivity index (χ3v) is 5.27. The molecule has 0 radical (unpaired) electrons. The molecule has 0 N–H and O–H groups in total. The first-order chi connectivity index (χ1) is 3.68. The molecule has 0 fully saturated rings. The molecule has 0 saturated carbocycles. The van der Waals surface area contributed by atoms with Gasteiger partial charge in [-0.1, -0.05) is 40.2 Å². The van der Waals surface area contributed by atoms with Crippen molar-refractivity contribution in [3.8, 4) is 0 Å². The van der Waals surface area contributed by atoms with Crippen LogP contribution in [0.15, 0.2) is 0 Å². The third-order valence-electron chi connectivity index (χ3n) is 2.56. The SMILES string of the molecule is CCC(C)(CC)[SiH2]C. The van der Waals surface area contributed by atoms with Crippen molar-refractivity contribution in [3.63, 3.8) is 0 Å². The summed E-state index contributed by atoms with van der Waals surface area (Å²) in [6.45, 7) is 9.44. The zero-order valence-electron chi connectivity index (χ0n) is 6.62. The first kappa shape index (κ1) is 8.22. The van der Waals surface area contributed by atoms with E-state index in [1.54, 1.807) is 0 Å². The van der Waals surface area contributed by atoms with Gasteiger partial charge in [0.1, 0.15) is 0 Å². The van der Waals surface area contributed by atoms with Gasteiger partial charge in [0.25, 0.3) is 0 Å². The predicted octanol–water partition coefficient (Wildman–Crippen LogP) is 2.20. The number of rotatable bonds is 3. The van der Waals surface area contributed by atoms with E-state index in [2.05, 4.69) is 27.3 Å². The molecule has 0 amide bonds. The first-order valence-electron chi connectivity index (χ1n) is 3.68. The van der Waals surface area contributed by atoms with Crippen molar-refractivity contribution in [2.45, 2.75) is 45.2 Å². The summed E-state index contributed by atoms with van der Waals surface area (Å²) in [5, 5.41) is 0.764. The molecule has 0 aromatic heterocycles. The van der Waals surface area contributed by atoms with E-state index in [4.69, 9.17) is 0 Å². The second-order valence-corrected chi connectivity index (χ2v) is 5.29. The van der Waals surface area contributed by atoms with Crippen LogP contribution in [0.1, 0.15) is 33.6 Å². The largest absolute Gasteiger partial charge is 0.0744 e. The molecule has 0 atom stereocenters. The van der Waals surface area contributed by atoms with Crippen molar-refractivity contribution in [1.29, 1.82) is 0 Å². The van der Waals surface area contributed by atoms with Crippen molar-refractivity contribution < 1.29 is 0 Å². The lowest BCUT2D eigenvalue weighted by Gasteiger charge is -2.23. The summed E-state index contributed by atoms with van der Waals surface area (Å²) < 4.78 is 0. The molecular weight excluding hydrogens is 112 g/mol. The Labute approximate surface area is 55.5 Å². The molecule has 0 nitrogen and oxygen atoms in total. The van der Waals surface area contributed by atoms with Gasteiger partial charge in [-0.2, -0.15) is 0 Å². The third kappa shape index (κ3) is 1.99. The number of hydrogen-bond acceptors (Lipinski definition) is 0. The van der Waals surface area contributed by atoms with E-state index in [1.807, 2.05) is 0 Å². The average molecular weight is 130 g/mol. The fourth-order valence-electron chi connectivity index (χ4n) is 0.750. The summed E-state index contributed by atoms with van der Waals surface area (Å²) in [7, 11) is 0.231. The Kier molecular flexibility index (Phi) is 3.37. The highest BCUT2D eigenvalue weighted by atomic mass is 28.2. The van der Waals surface area contributed by atoms with Crippen LogP contribution in [0.3, 0.4) is 0 Å². The van der Waals surface area contributed by atoms with Gasteiger partial charge in [0.15, 0.2) is 0 Å². The van der Waals surface area contributed by atoms with Crippen LogP contribution < -0.4 is 0 Å². The minimum absolute atomic E-state index is 0.231. The normalized spacial score (nSPS) is 13.5. The molecule has 0 saturated heterocycles. The van der Waals surface area contributed by atoms with Gasteiger partial charge in [-0.15, -0.1) is 0 Å². The van der Waals surface area contributed by atoms with E-state index >= 15 is 0 Å². The molecule has 0 spiro atoms. The zero-order chi connectivity index (χ0) is 6.62. The molecule has 8 heavy (non-hydrogen) atoms. The molecule has 0 aliphatic carbocycles. The molecule has 50 valence electrons. The van der Waals surface area contributed by atoms with Gasteiger partial charge in [0.2, 0.25) is 0 Å². The molecular formula is C7H18Si. The molecule has 0 aliphatic heterocycles. The minimum atomic E-state index is 0.231. The summed E-state index contributed by atoms with van der Waals surface area (Å²) in [4.78, 5) is 0. The number of hydrogen-bond donors (Lipinski definition) is 0. The van der Waals surface area contributed by atoms with Crippen molar-refractivity contribution in [2.75, 3.05) is 0 Å². The van der Waals surface area contributed by atoms with Crippen molar-refractivity contribution >= 4 is 9.52 Å². The fraction of sp³-hybridized carbons (Fsp3) is 1.00. The van der Waals surface area contributed by atoms with E-state index in [9.17, 15) is 0 Å². The van der Waals surface area contributed by atoms with Crippen LogP contribution in [-0.4, -0.2) is 9.52 Å².